The summed E-state index contributed by atoms with van der Waals surface area (Å²) < 4.78 is 9.93. The molecule has 0 saturated carbocycles. The lowest BCUT2D eigenvalue weighted by Gasteiger charge is -2.24. The van der Waals surface area contributed by atoms with E-state index in [4.69, 9.17) is 16.0 Å². The van der Waals surface area contributed by atoms with Crippen LogP contribution >= 0.6 is 11.6 Å². The molecule has 0 fully saturated rings. The summed E-state index contributed by atoms with van der Waals surface area (Å²) in [5.41, 5.74) is 0.816. The van der Waals surface area contributed by atoms with E-state index < -0.39 is 11.3 Å². The van der Waals surface area contributed by atoms with Gasteiger partial charge < -0.3 is 14.1 Å². The number of rotatable bonds is 9. The lowest BCUT2D eigenvalue weighted by Crippen LogP contribution is -2.34. The van der Waals surface area contributed by atoms with E-state index in [-0.39, 0.29) is 24.0 Å². The van der Waals surface area contributed by atoms with Gasteiger partial charge in [0, 0.05) is 6.54 Å². The lowest BCUT2D eigenvalue weighted by atomic mass is 10.1. The van der Waals surface area contributed by atoms with Crippen molar-refractivity contribution in [3.8, 4) is 0 Å². The highest BCUT2D eigenvalue weighted by Gasteiger charge is 2.25. The molecule has 1 aromatic heterocycles. The number of carbonyl (C=O) groups excluding carboxylic acids is 2. The quantitative estimate of drug-likeness (QED) is 0.375. The Hall–Kier alpha value is -2.34. The van der Waals surface area contributed by atoms with Crippen molar-refractivity contribution in [3.05, 3.63) is 53.7 Å². The number of ether oxygens (including phenoxy) is 1. The fraction of sp³-hybridized carbons (Fsp3) is 0.421. The first-order chi connectivity index (χ1) is 12.6. The Morgan fingerprint density at radius 3 is 2.65 bits per heavy atom. The SMILES string of the molecule is CCCCCN(Cc1nc(C(=O)OC)co1)C(=O)[C@@H](Cl)c1ccccc1. The van der Waals surface area contributed by atoms with Crippen molar-refractivity contribution in [1.29, 1.82) is 0 Å². The van der Waals surface area contributed by atoms with Crippen molar-refractivity contribution < 1.29 is 18.7 Å². The number of benzene rings is 1. The van der Waals surface area contributed by atoms with Crippen molar-refractivity contribution in [1.82, 2.24) is 9.88 Å². The predicted octanol–water partition coefficient (Wildman–Crippen LogP) is 3.96. The number of hydrogen-bond donors (Lipinski definition) is 0. The third kappa shape index (κ3) is 5.33. The minimum atomic E-state index is -0.784. The second-order valence-electron chi connectivity index (χ2n) is 5.86. The third-order valence-electron chi connectivity index (χ3n) is 3.92. The molecular weight excluding hydrogens is 356 g/mol. The third-order valence-corrected chi connectivity index (χ3v) is 4.36. The highest BCUT2D eigenvalue weighted by molar-refractivity contribution is 6.30. The van der Waals surface area contributed by atoms with Crippen molar-refractivity contribution in [2.75, 3.05) is 13.7 Å². The number of methoxy groups -OCH3 is 1. The van der Waals surface area contributed by atoms with Gasteiger partial charge in [0.1, 0.15) is 11.6 Å². The maximum atomic E-state index is 12.9. The fourth-order valence-corrected chi connectivity index (χ4v) is 2.77. The molecule has 1 aromatic carbocycles. The summed E-state index contributed by atoms with van der Waals surface area (Å²) in [6.45, 7) is 2.78. The molecule has 7 heteroatoms. The molecule has 1 heterocycles. The second-order valence-corrected chi connectivity index (χ2v) is 6.29. The van der Waals surface area contributed by atoms with Crippen LogP contribution < -0.4 is 0 Å². The molecule has 0 radical (unpaired) electrons. The molecule has 0 unspecified atom stereocenters. The summed E-state index contributed by atoms with van der Waals surface area (Å²) in [7, 11) is 1.27. The van der Waals surface area contributed by atoms with Crippen LogP contribution in [0.1, 0.15) is 53.5 Å². The van der Waals surface area contributed by atoms with Gasteiger partial charge >= 0.3 is 5.97 Å². The Balaban J connectivity index is 2.13. The van der Waals surface area contributed by atoms with Gasteiger partial charge in [-0.3, -0.25) is 4.79 Å². The maximum absolute atomic E-state index is 12.9. The van der Waals surface area contributed by atoms with Gasteiger partial charge in [-0.2, -0.15) is 0 Å². The van der Waals surface area contributed by atoms with E-state index in [9.17, 15) is 9.59 Å². The number of nitrogens with zero attached hydrogens (tertiary/aromatic N) is 2. The van der Waals surface area contributed by atoms with E-state index in [2.05, 4.69) is 16.6 Å². The smallest absolute Gasteiger partial charge is 0.360 e. The van der Waals surface area contributed by atoms with Crippen LogP contribution in [-0.4, -0.2) is 35.4 Å². The molecule has 0 N–H and O–H groups in total. The lowest BCUT2D eigenvalue weighted by molar-refractivity contribution is -0.132. The van der Waals surface area contributed by atoms with E-state index in [1.54, 1.807) is 4.90 Å². The van der Waals surface area contributed by atoms with Gasteiger partial charge in [0.25, 0.3) is 0 Å². The minimum absolute atomic E-state index is 0.0777. The Bertz CT molecular complexity index is 717. The second kappa shape index (κ2) is 9.97. The van der Waals surface area contributed by atoms with Crippen LogP contribution in [0.4, 0.5) is 0 Å². The monoisotopic (exact) mass is 378 g/mol. The van der Waals surface area contributed by atoms with Crippen LogP contribution in [0.15, 0.2) is 41.0 Å². The summed E-state index contributed by atoms with van der Waals surface area (Å²) in [5.74, 6) is -0.526. The maximum Gasteiger partial charge on any atom is 0.360 e. The van der Waals surface area contributed by atoms with Gasteiger partial charge in [-0.05, 0) is 12.0 Å². The first-order valence-electron chi connectivity index (χ1n) is 8.57. The molecule has 0 aliphatic carbocycles. The average molecular weight is 379 g/mol. The summed E-state index contributed by atoms with van der Waals surface area (Å²) in [6.07, 6.45) is 4.12. The van der Waals surface area contributed by atoms with Crippen LogP contribution in [0.2, 0.25) is 0 Å². The first-order valence-corrected chi connectivity index (χ1v) is 9.01. The standard InChI is InChI=1S/C19H23ClN2O4/c1-3-4-8-11-22(12-16-21-15(13-26-16)19(24)25-2)18(23)17(20)14-9-6-5-7-10-14/h5-7,9-10,13,17H,3-4,8,11-12H2,1-2H3/t17-/m0/s1. The van der Waals surface area contributed by atoms with Crippen molar-refractivity contribution in [2.24, 2.45) is 0 Å². The Kier molecular flexibility index (Phi) is 7.66. The topological polar surface area (TPSA) is 72.6 Å². The summed E-state index contributed by atoms with van der Waals surface area (Å²) >= 11 is 6.39. The highest BCUT2D eigenvalue weighted by Crippen LogP contribution is 2.24. The number of alkyl halides is 1. The zero-order valence-electron chi connectivity index (χ0n) is 15.0. The van der Waals surface area contributed by atoms with Gasteiger partial charge in [-0.1, -0.05) is 50.1 Å². The Morgan fingerprint density at radius 1 is 1.27 bits per heavy atom. The molecular formula is C19H23ClN2O4. The zero-order chi connectivity index (χ0) is 18.9. The number of aromatic nitrogens is 1. The number of carbonyl (C=O) groups is 2. The Morgan fingerprint density at radius 2 is 2.00 bits per heavy atom. The largest absolute Gasteiger partial charge is 0.464 e. The van der Waals surface area contributed by atoms with Gasteiger partial charge in [-0.15, -0.1) is 11.6 Å². The van der Waals surface area contributed by atoms with Crippen LogP contribution in [0, 0.1) is 0 Å². The first kappa shape index (κ1) is 20.0. The molecule has 0 spiro atoms. The van der Waals surface area contributed by atoms with Crippen molar-refractivity contribution >= 4 is 23.5 Å². The number of esters is 1. The number of amides is 1. The van der Waals surface area contributed by atoms with Crippen LogP contribution in [-0.2, 0) is 16.1 Å². The van der Waals surface area contributed by atoms with Gasteiger partial charge in [0.2, 0.25) is 11.8 Å². The van der Waals surface area contributed by atoms with Gasteiger partial charge in [-0.25, -0.2) is 9.78 Å². The van der Waals surface area contributed by atoms with E-state index in [0.717, 1.165) is 24.8 Å². The van der Waals surface area contributed by atoms with E-state index in [0.29, 0.717) is 6.54 Å². The molecule has 0 aliphatic heterocycles. The van der Waals surface area contributed by atoms with E-state index in [1.165, 1.54) is 13.4 Å². The number of halogens is 1. The normalized spacial score (nSPS) is 11.8. The number of hydrogen-bond acceptors (Lipinski definition) is 5. The summed E-state index contributed by atoms with van der Waals surface area (Å²) in [6, 6.07) is 9.20. The summed E-state index contributed by atoms with van der Waals surface area (Å²) in [5, 5.41) is -0.784. The Labute approximate surface area is 158 Å². The fourth-order valence-electron chi connectivity index (χ4n) is 2.49. The van der Waals surface area contributed by atoms with E-state index >= 15 is 0 Å². The van der Waals surface area contributed by atoms with Crippen LogP contribution in [0.3, 0.4) is 0 Å². The molecule has 1 amide bonds. The van der Waals surface area contributed by atoms with Crippen molar-refractivity contribution in [2.45, 2.75) is 38.1 Å². The van der Waals surface area contributed by atoms with Crippen LogP contribution in [0.5, 0.6) is 0 Å². The van der Waals surface area contributed by atoms with Gasteiger partial charge in [0.15, 0.2) is 5.69 Å². The number of oxazole rings is 1. The molecule has 0 saturated heterocycles. The predicted molar refractivity (Wildman–Crippen MR) is 97.8 cm³/mol. The highest BCUT2D eigenvalue weighted by atomic mass is 35.5. The van der Waals surface area contributed by atoms with E-state index in [1.807, 2.05) is 30.3 Å². The molecule has 2 rings (SSSR count). The zero-order valence-corrected chi connectivity index (χ0v) is 15.7. The molecule has 1 atom stereocenters. The molecule has 0 bridgehead atoms. The molecule has 2 aromatic rings. The molecule has 26 heavy (non-hydrogen) atoms. The average Bonchev–Trinajstić information content (AvgIpc) is 3.15. The molecule has 0 aliphatic rings. The van der Waals surface area contributed by atoms with Crippen molar-refractivity contribution in [3.63, 3.8) is 0 Å². The number of unbranched alkanes of at least 4 members (excludes halogenated alkanes) is 2. The molecule has 140 valence electrons. The minimum Gasteiger partial charge on any atom is -0.464 e. The summed E-state index contributed by atoms with van der Waals surface area (Å²) in [4.78, 5) is 30.1. The van der Waals surface area contributed by atoms with Gasteiger partial charge in [0.05, 0.1) is 13.7 Å². The van der Waals surface area contributed by atoms with Crippen LogP contribution in [0.25, 0.3) is 0 Å². The molecule has 6 nitrogen and oxygen atoms in total.